The van der Waals surface area contributed by atoms with Gasteiger partial charge in [-0.15, -0.1) is 0 Å². The molecule has 1 aromatic heterocycles. The van der Waals surface area contributed by atoms with E-state index in [-0.39, 0.29) is 5.57 Å². The predicted molar refractivity (Wildman–Crippen MR) is 99.7 cm³/mol. The summed E-state index contributed by atoms with van der Waals surface area (Å²) in [5.41, 5.74) is 4.32. The van der Waals surface area contributed by atoms with Crippen LogP contribution < -0.4 is 0 Å². The summed E-state index contributed by atoms with van der Waals surface area (Å²) in [6.45, 7) is 3.37. The summed E-state index contributed by atoms with van der Waals surface area (Å²) in [5, 5.41) is 1.22. The Morgan fingerprint density at radius 2 is 2.19 bits per heavy atom. The maximum Gasteiger partial charge on any atom is 0.346 e. The lowest BCUT2D eigenvalue weighted by molar-refractivity contribution is -0.150. The number of hydrogen-bond acceptors (Lipinski definition) is 5. The topological polar surface area (TPSA) is 71.6 Å². The van der Waals surface area contributed by atoms with Gasteiger partial charge >= 0.3 is 11.9 Å². The molecule has 0 radical (unpaired) electrons. The number of carbonyl (C=O) groups is 2. The van der Waals surface area contributed by atoms with Gasteiger partial charge in [-0.3, -0.25) is 0 Å². The quantitative estimate of drug-likeness (QED) is 0.655. The number of esters is 2. The van der Waals surface area contributed by atoms with Gasteiger partial charge in [-0.2, -0.15) is 0 Å². The van der Waals surface area contributed by atoms with Gasteiger partial charge in [0, 0.05) is 23.0 Å². The van der Waals surface area contributed by atoms with Crippen molar-refractivity contribution in [2.45, 2.75) is 25.4 Å². The first-order valence-electron chi connectivity index (χ1n) is 9.21. The Morgan fingerprint density at radius 3 is 2.96 bits per heavy atom. The molecule has 0 saturated heterocycles. The molecule has 1 N–H and O–H groups in total. The van der Waals surface area contributed by atoms with Crippen molar-refractivity contribution < 1.29 is 19.1 Å². The lowest BCUT2D eigenvalue weighted by Gasteiger charge is -2.43. The molecule has 1 atom stereocenters. The van der Waals surface area contributed by atoms with Crippen LogP contribution in [0, 0.1) is 0 Å². The number of carbonyl (C=O) groups excluding carboxylic acids is 2. The molecule has 3 aliphatic heterocycles. The SMILES string of the molecule is CCC12CN3CCc4c([nH]c5ccccc45)C3=CC1=C(C(=O)OC)C(=O)O2. The van der Waals surface area contributed by atoms with Gasteiger partial charge in [0.25, 0.3) is 0 Å². The molecule has 4 heterocycles. The molecule has 0 spiro atoms. The zero-order valence-corrected chi connectivity index (χ0v) is 15.3. The third-order valence-corrected chi connectivity index (χ3v) is 5.98. The number of fused-ring (bicyclic) bond motifs is 6. The number of hydrogen-bond donors (Lipinski definition) is 1. The Morgan fingerprint density at radius 1 is 1.37 bits per heavy atom. The molecule has 138 valence electrons. The first kappa shape index (κ1) is 16.2. The number of aromatic nitrogens is 1. The fraction of sp³-hybridized carbons (Fsp3) is 0.333. The molecular formula is C21H20N2O4. The van der Waals surface area contributed by atoms with E-state index >= 15 is 0 Å². The van der Waals surface area contributed by atoms with Gasteiger partial charge in [-0.05, 0) is 30.5 Å². The van der Waals surface area contributed by atoms with Gasteiger partial charge in [0.2, 0.25) is 0 Å². The van der Waals surface area contributed by atoms with Gasteiger partial charge < -0.3 is 19.4 Å². The van der Waals surface area contributed by atoms with E-state index in [0.29, 0.717) is 18.5 Å². The maximum atomic E-state index is 12.5. The summed E-state index contributed by atoms with van der Waals surface area (Å²) in [6.07, 6.45) is 3.47. The van der Waals surface area contributed by atoms with E-state index in [1.807, 2.05) is 25.1 Å². The predicted octanol–water partition coefficient (Wildman–Crippen LogP) is 2.56. The first-order chi connectivity index (χ1) is 13.1. The average molecular weight is 364 g/mol. The molecule has 2 aromatic rings. The van der Waals surface area contributed by atoms with Crippen LogP contribution in [0.25, 0.3) is 16.6 Å². The molecule has 3 aliphatic rings. The maximum absolute atomic E-state index is 12.5. The smallest absolute Gasteiger partial charge is 0.346 e. The van der Waals surface area contributed by atoms with E-state index in [4.69, 9.17) is 9.47 Å². The zero-order valence-electron chi connectivity index (χ0n) is 15.3. The Labute approximate surface area is 156 Å². The third-order valence-electron chi connectivity index (χ3n) is 5.98. The molecule has 0 fully saturated rings. The van der Waals surface area contributed by atoms with Crippen LogP contribution in [0.3, 0.4) is 0 Å². The average Bonchev–Trinajstić information content (AvgIpc) is 3.20. The molecule has 0 aliphatic carbocycles. The number of methoxy groups -OCH3 is 1. The summed E-state index contributed by atoms with van der Waals surface area (Å²) >= 11 is 0. The van der Waals surface area contributed by atoms with Crippen LogP contribution in [0.4, 0.5) is 0 Å². The van der Waals surface area contributed by atoms with Crippen LogP contribution in [0.1, 0.15) is 24.6 Å². The number of nitrogens with zero attached hydrogens (tertiary/aromatic N) is 1. The summed E-state index contributed by atoms with van der Waals surface area (Å²) in [5.74, 6) is -1.23. The molecule has 27 heavy (non-hydrogen) atoms. The van der Waals surface area contributed by atoms with Crippen LogP contribution >= 0.6 is 0 Å². The lowest BCUT2D eigenvalue weighted by atomic mass is 9.83. The van der Waals surface area contributed by atoms with Gasteiger partial charge in [0.05, 0.1) is 25.0 Å². The molecule has 6 nitrogen and oxygen atoms in total. The van der Waals surface area contributed by atoms with Crippen LogP contribution in [0.15, 0.2) is 41.5 Å². The number of ether oxygens (including phenoxy) is 2. The van der Waals surface area contributed by atoms with Crippen LogP contribution in [0.2, 0.25) is 0 Å². The van der Waals surface area contributed by atoms with E-state index < -0.39 is 17.5 Å². The minimum Gasteiger partial charge on any atom is -0.465 e. The highest BCUT2D eigenvalue weighted by Crippen LogP contribution is 2.46. The Kier molecular flexibility index (Phi) is 3.29. The lowest BCUT2D eigenvalue weighted by Crippen LogP contribution is -2.48. The summed E-state index contributed by atoms with van der Waals surface area (Å²) in [7, 11) is 1.29. The monoisotopic (exact) mass is 364 g/mol. The molecule has 1 aromatic carbocycles. The van der Waals surface area contributed by atoms with Crippen LogP contribution in [-0.2, 0) is 25.5 Å². The van der Waals surface area contributed by atoms with Crippen molar-refractivity contribution >= 4 is 28.5 Å². The Hall–Kier alpha value is -3.02. The number of nitrogens with one attached hydrogen (secondary N) is 1. The van der Waals surface area contributed by atoms with Crippen LogP contribution in [-0.4, -0.2) is 47.6 Å². The van der Waals surface area contributed by atoms with Crippen molar-refractivity contribution in [1.29, 1.82) is 0 Å². The summed E-state index contributed by atoms with van der Waals surface area (Å²) < 4.78 is 10.6. The largest absolute Gasteiger partial charge is 0.465 e. The molecule has 0 amide bonds. The first-order valence-corrected chi connectivity index (χ1v) is 9.21. The molecule has 6 heteroatoms. The standard InChI is InChI=1S/C21H20N2O4/c1-3-21-11-23-9-8-13-12-6-4-5-7-15(12)22-18(13)16(23)10-14(21)17(19(24)26-2)20(25)27-21/h4-7,10,22H,3,8-9,11H2,1-2H3. The van der Waals surface area contributed by atoms with E-state index in [2.05, 4.69) is 22.0 Å². The fourth-order valence-electron chi connectivity index (χ4n) is 4.59. The third kappa shape index (κ3) is 2.07. The van der Waals surface area contributed by atoms with Gasteiger partial charge in [0.15, 0.2) is 11.2 Å². The van der Waals surface area contributed by atoms with Crippen LogP contribution in [0.5, 0.6) is 0 Å². The zero-order chi connectivity index (χ0) is 18.8. The minimum absolute atomic E-state index is 0.0229. The summed E-state index contributed by atoms with van der Waals surface area (Å²) in [6, 6.07) is 8.25. The molecule has 1 unspecified atom stereocenters. The highest BCUT2D eigenvalue weighted by Gasteiger charge is 2.52. The molecule has 5 rings (SSSR count). The molecular weight excluding hydrogens is 344 g/mol. The fourth-order valence-corrected chi connectivity index (χ4v) is 4.59. The minimum atomic E-state index is -0.784. The highest BCUT2D eigenvalue weighted by molar-refractivity contribution is 6.17. The van der Waals surface area contributed by atoms with Crippen molar-refractivity contribution in [2.24, 2.45) is 0 Å². The van der Waals surface area contributed by atoms with Gasteiger partial charge in [-0.1, -0.05) is 25.1 Å². The Bertz CT molecular complexity index is 1060. The highest BCUT2D eigenvalue weighted by atomic mass is 16.6. The number of H-pyrrole nitrogens is 1. The second-order valence-corrected chi connectivity index (χ2v) is 7.24. The van der Waals surface area contributed by atoms with Crippen molar-refractivity contribution in [2.75, 3.05) is 20.2 Å². The van der Waals surface area contributed by atoms with Crippen molar-refractivity contribution in [3.05, 3.63) is 52.7 Å². The van der Waals surface area contributed by atoms with Gasteiger partial charge in [-0.25, -0.2) is 9.59 Å². The molecule has 0 bridgehead atoms. The van der Waals surface area contributed by atoms with E-state index in [9.17, 15) is 9.59 Å². The number of rotatable bonds is 2. The van der Waals surface area contributed by atoms with Crippen molar-refractivity contribution in [3.8, 4) is 0 Å². The Balaban J connectivity index is 1.75. The van der Waals surface area contributed by atoms with Crippen molar-refractivity contribution in [3.63, 3.8) is 0 Å². The molecule has 0 saturated carbocycles. The van der Waals surface area contributed by atoms with E-state index in [1.165, 1.54) is 18.1 Å². The normalized spacial score (nSPS) is 23.6. The second-order valence-electron chi connectivity index (χ2n) is 7.24. The van der Waals surface area contributed by atoms with Crippen molar-refractivity contribution in [1.82, 2.24) is 9.88 Å². The number of benzene rings is 1. The second kappa shape index (κ2) is 5.49. The number of aromatic amines is 1. The van der Waals surface area contributed by atoms with E-state index in [1.54, 1.807) is 0 Å². The summed E-state index contributed by atoms with van der Waals surface area (Å²) in [4.78, 5) is 30.5. The number of para-hydroxylation sites is 1. The van der Waals surface area contributed by atoms with E-state index in [0.717, 1.165) is 29.9 Å². The van der Waals surface area contributed by atoms with Gasteiger partial charge in [0.1, 0.15) is 0 Å².